The van der Waals surface area contributed by atoms with Gasteiger partial charge in [-0.1, -0.05) is 232 Å². The number of nitrogens with one attached hydrogen (secondary N) is 1. The van der Waals surface area contributed by atoms with Crippen LogP contribution in [0.15, 0.2) is 24.3 Å². The summed E-state index contributed by atoms with van der Waals surface area (Å²) in [4.78, 5) is 75.4. The van der Waals surface area contributed by atoms with Crippen LogP contribution in [0, 0.1) is 0 Å². The number of allylic oxidation sites excluding steroid dienone is 4. The van der Waals surface area contributed by atoms with Crippen LogP contribution in [0.2, 0.25) is 0 Å². The smallest absolute Gasteiger partial charge is 0.242 e. The minimum atomic E-state index is -0.663. The maximum Gasteiger partial charge on any atom is 0.242 e. The molecule has 0 aliphatic carbocycles. The first kappa shape index (κ1) is 74.7. The van der Waals surface area contributed by atoms with Crippen molar-refractivity contribution in [3.63, 3.8) is 0 Å². The number of carbonyl (C=O) groups is 5. The molecule has 0 bridgehead atoms. The topological polar surface area (TPSA) is 177 Å². The Morgan fingerprint density at radius 3 is 0.833 bits per heavy atom. The second kappa shape index (κ2) is 57.0. The third kappa shape index (κ3) is 46.5. The number of rotatable bonds is 59. The number of primary amides is 1. The van der Waals surface area contributed by atoms with Gasteiger partial charge in [0.25, 0.3) is 0 Å². The molecular formula is C65H124N6O7. The second-order valence-corrected chi connectivity index (χ2v) is 22.6. The highest BCUT2D eigenvalue weighted by molar-refractivity contribution is 5.91. The van der Waals surface area contributed by atoms with Gasteiger partial charge in [-0.05, 0) is 77.0 Å². The summed E-state index contributed by atoms with van der Waals surface area (Å²) in [5.74, 6) is -1.86. The largest absolute Gasteiger partial charge is 0.395 e. The van der Waals surface area contributed by atoms with E-state index in [2.05, 4.69) is 57.3 Å². The van der Waals surface area contributed by atoms with E-state index in [9.17, 15) is 34.2 Å². The van der Waals surface area contributed by atoms with E-state index in [0.717, 1.165) is 154 Å². The number of nitrogens with zero attached hydrogens (tertiary/aromatic N) is 4. The van der Waals surface area contributed by atoms with Crippen LogP contribution in [0.5, 0.6) is 0 Å². The molecule has 0 fully saturated rings. The molecule has 0 spiro atoms. The lowest BCUT2D eigenvalue weighted by Crippen LogP contribution is -2.51. The van der Waals surface area contributed by atoms with Crippen molar-refractivity contribution in [2.24, 2.45) is 5.73 Å². The Balaban J connectivity index is 6.02. The summed E-state index contributed by atoms with van der Waals surface area (Å²) < 4.78 is 0. The third-order valence-electron chi connectivity index (χ3n) is 15.2. The molecule has 0 aromatic carbocycles. The van der Waals surface area contributed by atoms with Crippen LogP contribution in [0.1, 0.15) is 285 Å². The quantitative estimate of drug-likeness (QED) is 0.0343. The van der Waals surface area contributed by atoms with Crippen LogP contribution in [-0.2, 0) is 24.0 Å². The van der Waals surface area contributed by atoms with Gasteiger partial charge < -0.3 is 40.9 Å². The minimum absolute atomic E-state index is 0.144. The molecule has 5 N–H and O–H groups in total. The van der Waals surface area contributed by atoms with Gasteiger partial charge in [-0.3, -0.25) is 24.0 Å². The first-order valence-corrected chi connectivity index (χ1v) is 32.7. The molecular weight excluding hydrogens is 977 g/mol. The molecule has 0 aliphatic rings. The van der Waals surface area contributed by atoms with Crippen molar-refractivity contribution < 1.29 is 34.2 Å². The summed E-state index contributed by atoms with van der Waals surface area (Å²) >= 11 is 0. The van der Waals surface area contributed by atoms with Crippen molar-refractivity contribution in [3.8, 4) is 0 Å². The lowest BCUT2D eigenvalue weighted by molar-refractivity contribution is -0.146. The number of hydrogen-bond donors (Lipinski definition) is 4. The van der Waals surface area contributed by atoms with Crippen molar-refractivity contribution in [1.82, 2.24) is 24.9 Å². The van der Waals surface area contributed by atoms with E-state index in [0.29, 0.717) is 39.0 Å². The van der Waals surface area contributed by atoms with Gasteiger partial charge in [-0.15, -0.1) is 0 Å². The minimum Gasteiger partial charge on any atom is -0.395 e. The predicted octanol–water partition coefficient (Wildman–Crippen LogP) is 13.5. The van der Waals surface area contributed by atoms with Crippen LogP contribution < -0.4 is 11.1 Å². The van der Waals surface area contributed by atoms with Crippen molar-refractivity contribution in [3.05, 3.63) is 24.3 Å². The summed E-state index contributed by atoms with van der Waals surface area (Å²) in [6, 6.07) is -0.663. The molecule has 0 aromatic heterocycles. The Morgan fingerprint density at radius 2 is 0.577 bits per heavy atom. The number of carbonyl (C=O) groups excluding carboxylic acids is 5. The van der Waals surface area contributed by atoms with Crippen molar-refractivity contribution in [2.75, 3.05) is 72.1 Å². The number of unbranched alkanes of at least 4 members (excludes halogenated alkanes) is 34. The summed E-state index contributed by atoms with van der Waals surface area (Å²) in [7, 11) is 0. The maximum atomic E-state index is 14.6. The Morgan fingerprint density at radius 1 is 0.346 bits per heavy atom. The zero-order valence-corrected chi connectivity index (χ0v) is 51.3. The molecule has 0 heterocycles. The van der Waals surface area contributed by atoms with Gasteiger partial charge in [-0.25, -0.2) is 0 Å². The molecule has 0 unspecified atom stereocenters. The van der Waals surface area contributed by atoms with Gasteiger partial charge in [0.05, 0.1) is 52.0 Å². The molecule has 0 rings (SSSR count). The van der Waals surface area contributed by atoms with E-state index in [1.165, 1.54) is 94.8 Å². The van der Waals surface area contributed by atoms with Crippen LogP contribution in [0.4, 0.5) is 0 Å². The summed E-state index contributed by atoms with van der Waals surface area (Å²) in [5, 5.41) is 22.3. The molecule has 0 aliphatic heterocycles. The monoisotopic (exact) mass is 1100 g/mol. The lowest BCUT2D eigenvalue weighted by Gasteiger charge is -2.31. The Kier molecular flexibility index (Phi) is 54.6. The number of aliphatic hydroxyl groups excluding tert-OH is 2. The first-order valence-electron chi connectivity index (χ1n) is 32.7. The number of amides is 5. The van der Waals surface area contributed by atoms with Crippen LogP contribution in [-0.4, -0.2) is 138 Å². The molecule has 13 nitrogen and oxygen atoms in total. The van der Waals surface area contributed by atoms with E-state index in [1.54, 1.807) is 14.7 Å². The van der Waals surface area contributed by atoms with E-state index in [1.807, 2.05) is 0 Å². The molecule has 0 atom stereocenters. The summed E-state index contributed by atoms with van der Waals surface area (Å²) in [5.41, 5.74) is 5.66. The zero-order chi connectivity index (χ0) is 57.4. The molecule has 13 heteroatoms. The lowest BCUT2D eigenvalue weighted by atomic mass is 10.1. The van der Waals surface area contributed by atoms with Gasteiger partial charge in [0.2, 0.25) is 29.5 Å². The zero-order valence-electron chi connectivity index (χ0n) is 51.3. The predicted molar refractivity (Wildman–Crippen MR) is 327 cm³/mol. The Hall–Kier alpha value is -3.29. The maximum absolute atomic E-state index is 14.6. The van der Waals surface area contributed by atoms with Crippen LogP contribution >= 0.6 is 0 Å². The summed E-state index contributed by atoms with van der Waals surface area (Å²) in [6.07, 6.45) is 54.0. The fraction of sp³-hybridized carbons (Fsp3) is 0.862. The molecule has 456 valence electrons. The third-order valence-corrected chi connectivity index (χ3v) is 15.2. The fourth-order valence-corrected chi connectivity index (χ4v) is 9.94. The molecule has 5 amide bonds. The number of hydrogen-bond acceptors (Lipinski definition) is 8. The number of nitrogens with two attached hydrogens (primary N) is 1. The van der Waals surface area contributed by atoms with Gasteiger partial charge in [0.15, 0.2) is 0 Å². The van der Waals surface area contributed by atoms with Gasteiger partial charge in [-0.2, -0.15) is 0 Å². The van der Waals surface area contributed by atoms with Gasteiger partial charge in [0, 0.05) is 26.2 Å². The van der Waals surface area contributed by atoms with E-state index >= 15 is 0 Å². The Bertz CT molecular complexity index is 1470. The highest BCUT2D eigenvalue weighted by Crippen LogP contribution is 2.15. The molecule has 0 radical (unpaired) electrons. The highest BCUT2D eigenvalue weighted by Gasteiger charge is 2.27. The van der Waals surface area contributed by atoms with E-state index < -0.39 is 11.9 Å². The average molecular weight is 1100 g/mol. The molecule has 0 saturated carbocycles. The Labute approximate surface area is 479 Å². The van der Waals surface area contributed by atoms with Crippen molar-refractivity contribution in [2.45, 2.75) is 291 Å². The van der Waals surface area contributed by atoms with Crippen molar-refractivity contribution >= 4 is 29.5 Å². The van der Waals surface area contributed by atoms with Crippen LogP contribution in [0.3, 0.4) is 0 Å². The average Bonchev–Trinajstić information content (AvgIpc) is 3.43. The molecule has 0 aromatic rings. The number of aliphatic hydroxyl groups is 2. The fourth-order valence-electron chi connectivity index (χ4n) is 9.94. The summed E-state index contributed by atoms with van der Waals surface area (Å²) in [6.45, 7) is 8.70. The van der Waals surface area contributed by atoms with E-state index in [-0.39, 0.29) is 69.6 Å². The van der Waals surface area contributed by atoms with Crippen molar-refractivity contribution in [1.29, 1.82) is 0 Å². The molecule has 78 heavy (non-hydrogen) atoms. The van der Waals surface area contributed by atoms with Crippen LogP contribution in [0.25, 0.3) is 0 Å². The first-order chi connectivity index (χ1) is 38.1. The standard InChI is InChI=1S/C65H124N6O7/c1-5-9-13-17-21-23-25-27-29-31-33-35-37-39-43-46-50-69(62(75)53-67-60(58-72)59-73)55-64(77)71(51-47-42-20-16-12-8-4)57-65(78)70(56-63(76)68(54-61(66)74)49-45-41-19-15-11-7-3)52-48-44-40-38-36-34-32-30-28-26-24-22-18-14-10-6-2/h27-30,60,67,72-73H,5-26,31-59H2,1-4H3,(H2,66,74)/b29-27-,30-28-. The van der Waals surface area contributed by atoms with E-state index in [4.69, 9.17) is 5.73 Å². The van der Waals surface area contributed by atoms with Gasteiger partial charge in [0.1, 0.15) is 0 Å². The molecule has 0 saturated heterocycles. The SMILES string of the molecule is CCCCCCCC/C=C\CCCCCCCCN(CC(=O)N(CCCCCCCC)CC(=O)N(CCCCCCCC/C=C\CCCCCCCC)CC(=O)N(CCCCCCCC)CC(N)=O)C(=O)CNC(CO)CO. The second-order valence-electron chi connectivity index (χ2n) is 22.6. The highest BCUT2D eigenvalue weighted by atomic mass is 16.3. The normalized spacial score (nSPS) is 11.6. The van der Waals surface area contributed by atoms with Gasteiger partial charge >= 0.3 is 0 Å².